The number of hydrogen-bond donors (Lipinski definition) is 0. The average molecular weight is 567 g/mol. The molecule has 12 nitrogen and oxygen atoms in total. The van der Waals surface area contributed by atoms with Crippen molar-refractivity contribution in [3.8, 4) is 0 Å². The smallest absolute Gasteiger partial charge is 0.339 e. The van der Waals surface area contributed by atoms with Gasteiger partial charge in [0.2, 0.25) is 0 Å². The van der Waals surface area contributed by atoms with Crippen LogP contribution in [0.5, 0.6) is 0 Å². The summed E-state index contributed by atoms with van der Waals surface area (Å²) >= 11 is 0. The lowest BCUT2D eigenvalue weighted by atomic mass is 10.1. The highest BCUT2D eigenvalue weighted by atomic mass is 16.6. The Morgan fingerprint density at radius 1 is 0.500 bits per heavy atom. The third-order valence-electron chi connectivity index (χ3n) is 4.65. The monoisotopic (exact) mass is 566 g/mol. The van der Waals surface area contributed by atoms with E-state index in [1.54, 1.807) is 26.0 Å². The first-order valence-electron chi connectivity index (χ1n) is 12.6. The van der Waals surface area contributed by atoms with E-state index in [0.29, 0.717) is 11.1 Å². The quantitative estimate of drug-likeness (QED) is 0.0880. The number of rotatable bonds is 22. The summed E-state index contributed by atoms with van der Waals surface area (Å²) in [6, 6.07) is 6.15. The standard InChI is InChI=1S/C28H38O12/c1-21(2)25(29)37-17-13-33-9-11-35-15-19-39-27(31)23-7-5-6-8-24(23)28(32)40-20-16-36-12-10-34-14-18-38-26(30)22(3)4/h5-8H,1,3,9-20H2,2,4H3. The zero-order valence-electron chi connectivity index (χ0n) is 23.1. The summed E-state index contributed by atoms with van der Waals surface area (Å²) in [5, 5.41) is 0. The van der Waals surface area contributed by atoms with Gasteiger partial charge in [-0.2, -0.15) is 0 Å². The summed E-state index contributed by atoms with van der Waals surface area (Å²) in [5.74, 6) is -2.31. The van der Waals surface area contributed by atoms with Crippen molar-refractivity contribution in [3.63, 3.8) is 0 Å². The molecule has 1 aromatic rings. The van der Waals surface area contributed by atoms with Crippen LogP contribution >= 0.6 is 0 Å². The van der Waals surface area contributed by atoms with Crippen molar-refractivity contribution in [1.29, 1.82) is 0 Å². The normalized spacial score (nSPS) is 10.4. The van der Waals surface area contributed by atoms with Gasteiger partial charge in [0.05, 0.1) is 64.0 Å². The number of carbonyl (C=O) groups excluding carboxylic acids is 4. The van der Waals surface area contributed by atoms with Gasteiger partial charge in [-0.15, -0.1) is 0 Å². The first kappa shape index (κ1) is 34.4. The fourth-order valence-electron chi connectivity index (χ4n) is 2.66. The number of ether oxygens (including phenoxy) is 8. The van der Waals surface area contributed by atoms with Crippen LogP contribution in [-0.2, 0) is 47.5 Å². The third-order valence-corrected chi connectivity index (χ3v) is 4.65. The lowest BCUT2D eigenvalue weighted by Crippen LogP contribution is -2.18. The van der Waals surface area contributed by atoms with Gasteiger partial charge in [-0.05, 0) is 26.0 Å². The molecule has 0 fully saturated rings. The van der Waals surface area contributed by atoms with Crippen molar-refractivity contribution >= 4 is 23.9 Å². The van der Waals surface area contributed by atoms with Gasteiger partial charge in [-0.3, -0.25) is 0 Å². The lowest BCUT2D eigenvalue weighted by molar-refractivity contribution is -0.141. The number of benzene rings is 1. The molecule has 0 aliphatic heterocycles. The van der Waals surface area contributed by atoms with E-state index in [1.165, 1.54) is 12.1 Å². The SMILES string of the molecule is C=C(C)C(=O)OCCOCCOCCOC(=O)c1ccccc1C(=O)OCCOCCOCCOC(=O)C(=C)C. The Morgan fingerprint density at radius 3 is 1.07 bits per heavy atom. The minimum absolute atomic E-state index is 0.0231. The minimum Gasteiger partial charge on any atom is -0.460 e. The van der Waals surface area contributed by atoms with Crippen molar-refractivity contribution in [2.75, 3.05) is 79.3 Å². The summed E-state index contributed by atoms with van der Waals surface area (Å²) in [4.78, 5) is 47.3. The molecule has 0 heterocycles. The van der Waals surface area contributed by atoms with Gasteiger partial charge in [0, 0.05) is 11.1 Å². The van der Waals surface area contributed by atoms with Gasteiger partial charge in [0.25, 0.3) is 0 Å². The summed E-state index contributed by atoms with van der Waals surface area (Å²) in [5.41, 5.74) is 0.780. The Kier molecular flexibility index (Phi) is 18.3. The largest absolute Gasteiger partial charge is 0.460 e. The molecule has 0 spiro atoms. The summed E-state index contributed by atoms with van der Waals surface area (Å²) < 4.78 is 41.3. The van der Waals surface area contributed by atoms with Gasteiger partial charge >= 0.3 is 23.9 Å². The van der Waals surface area contributed by atoms with Crippen LogP contribution in [0, 0.1) is 0 Å². The van der Waals surface area contributed by atoms with E-state index < -0.39 is 23.9 Å². The number of esters is 4. The third kappa shape index (κ3) is 15.7. The Hall–Kier alpha value is -3.58. The molecule has 0 N–H and O–H groups in total. The zero-order valence-corrected chi connectivity index (χ0v) is 23.1. The molecule has 1 rings (SSSR count). The van der Waals surface area contributed by atoms with Crippen LogP contribution in [0.2, 0.25) is 0 Å². The van der Waals surface area contributed by atoms with Crippen molar-refractivity contribution in [2.24, 2.45) is 0 Å². The second kappa shape index (κ2) is 21.3. The van der Waals surface area contributed by atoms with Crippen LogP contribution in [0.3, 0.4) is 0 Å². The van der Waals surface area contributed by atoms with Crippen LogP contribution in [-0.4, -0.2) is 103 Å². The molecule has 0 amide bonds. The van der Waals surface area contributed by atoms with E-state index >= 15 is 0 Å². The van der Waals surface area contributed by atoms with E-state index in [-0.39, 0.29) is 90.4 Å². The number of hydrogen-bond acceptors (Lipinski definition) is 12. The highest BCUT2D eigenvalue weighted by molar-refractivity contribution is 6.03. The predicted octanol–water partition coefficient (Wildman–Crippen LogP) is 2.31. The second-order valence-corrected chi connectivity index (χ2v) is 8.10. The maximum absolute atomic E-state index is 12.4. The molecule has 222 valence electrons. The molecule has 12 heteroatoms. The molecule has 0 aromatic heterocycles. The molecule has 1 aromatic carbocycles. The fourth-order valence-corrected chi connectivity index (χ4v) is 2.66. The van der Waals surface area contributed by atoms with Crippen LogP contribution in [0.4, 0.5) is 0 Å². The highest BCUT2D eigenvalue weighted by Gasteiger charge is 2.19. The van der Waals surface area contributed by atoms with E-state index in [0.717, 1.165) is 0 Å². The van der Waals surface area contributed by atoms with E-state index in [4.69, 9.17) is 37.9 Å². The molecule has 0 saturated carbocycles. The molecular weight excluding hydrogens is 528 g/mol. The summed E-state index contributed by atoms with van der Waals surface area (Å²) in [6.45, 7) is 12.0. The van der Waals surface area contributed by atoms with Gasteiger partial charge in [0.1, 0.15) is 26.4 Å². The van der Waals surface area contributed by atoms with Gasteiger partial charge in [-0.25, -0.2) is 19.2 Å². The van der Waals surface area contributed by atoms with Crippen molar-refractivity contribution < 1.29 is 57.1 Å². The molecule has 0 atom stereocenters. The minimum atomic E-state index is -0.686. The molecule has 0 bridgehead atoms. The Balaban J connectivity index is 2.16. The lowest BCUT2D eigenvalue weighted by Gasteiger charge is -2.11. The Labute approximate surface area is 234 Å². The first-order valence-corrected chi connectivity index (χ1v) is 12.6. The predicted molar refractivity (Wildman–Crippen MR) is 142 cm³/mol. The van der Waals surface area contributed by atoms with Crippen molar-refractivity contribution in [2.45, 2.75) is 13.8 Å². The maximum atomic E-state index is 12.4. The van der Waals surface area contributed by atoms with E-state index in [2.05, 4.69) is 13.2 Å². The highest BCUT2D eigenvalue weighted by Crippen LogP contribution is 2.12. The average Bonchev–Trinajstić information content (AvgIpc) is 2.94. The van der Waals surface area contributed by atoms with Crippen molar-refractivity contribution in [3.05, 3.63) is 59.7 Å². The molecule has 0 aliphatic rings. The molecule has 0 radical (unpaired) electrons. The number of carbonyl (C=O) groups is 4. The van der Waals surface area contributed by atoms with E-state index in [9.17, 15) is 19.2 Å². The molecule has 0 aliphatic carbocycles. The second-order valence-electron chi connectivity index (χ2n) is 8.10. The van der Waals surface area contributed by atoms with Crippen LogP contribution < -0.4 is 0 Å². The van der Waals surface area contributed by atoms with Crippen LogP contribution in [0.15, 0.2) is 48.6 Å². The molecular formula is C28H38O12. The topological polar surface area (TPSA) is 142 Å². The van der Waals surface area contributed by atoms with Gasteiger partial charge in [0.15, 0.2) is 0 Å². The van der Waals surface area contributed by atoms with Crippen molar-refractivity contribution in [1.82, 2.24) is 0 Å². The fraction of sp³-hybridized carbons (Fsp3) is 0.500. The zero-order chi connectivity index (χ0) is 29.6. The summed E-state index contributed by atoms with van der Waals surface area (Å²) in [7, 11) is 0. The van der Waals surface area contributed by atoms with Crippen LogP contribution in [0.1, 0.15) is 34.6 Å². The van der Waals surface area contributed by atoms with Crippen LogP contribution in [0.25, 0.3) is 0 Å². The van der Waals surface area contributed by atoms with Gasteiger partial charge < -0.3 is 37.9 Å². The molecule has 0 unspecified atom stereocenters. The van der Waals surface area contributed by atoms with E-state index in [1.807, 2.05) is 0 Å². The Morgan fingerprint density at radius 2 is 0.775 bits per heavy atom. The first-order chi connectivity index (χ1) is 19.2. The molecule has 40 heavy (non-hydrogen) atoms. The Bertz CT molecular complexity index is 895. The summed E-state index contributed by atoms with van der Waals surface area (Å²) in [6.07, 6.45) is 0. The molecule has 0 saturated heterocycles. The maximum Gasteiger partial charge on any atom is 0.339 e. The van der Waals surface area contributed by atoms with Gasteiger partial charge in [-0.1, -0.05) is 25.3 Å².